The van der Waals surface area contributed by atoms with Crippen LogP contribution in [0.4, 0.5) is 0 Å². The minimum Gasteiger partial charge on any atom is -0.481 e. The molecule has 0 amide bonds. The van der Waals surface area contributed by atoms with Crippen LogP contribution in [0.15, 0.2) is 29.0 Å². The van der Waals surface area contributed by atoms with Crippen molar-refractivity contribution in [2.24, 2.45) is 0 Å². The quantitative estimate of drug-likeness (QED) is 0.829. The van der Waals surface area contributed by atoms with Crippen molar-refractivity contribution in [1.29, 1.82) is 0 Å². The van der Waals surface area contributed by atoms with Gasteiger partial charge in [-0.25, -0.2) is 0 Å². The summed E-state index contributed by atoms with van der Waals surface area (Å²) in [5.41, 5.74) is 0.768. The van der Waals surface area contributed by atoms with Crippen molar-refractivity contribution in [2.75, 3.05) is 0 Å². The summed E-state index contributed by atoms with van der Waals surface area (Å²) in [5, 5.41) is 12.2. The first-order valence-corrected chi connectivity index (χ1v) is 4.70. The van der Waals surface area contributed by atoms with E-state index >= 15 is 0 Å². The molecule has 2 heterocycles. The van der Waals surface area contributed by atoms with Crippen molar-refractivity contribution in [2.45, 2.75) is 12.8 Å². The second kappa shape index (κ2) is 4.52. The number of carbonyl (C=O) groups is 1. The fourth-order valence-electron chi connectivity index (χ4n) is 1.19. The lowest BCUT2D eigenvalue weighted by Crippen LogP contribution is -1.98. The smallest absolute Gasteiger partial charge is 0.303 e. The molecule has 16 heavy (non-hydrogen) atoms. The van der Waals surface area contributed by atoms with Crippen LogP contribution in [0.5, 0.6) is 0 Å². The van der Waals surface area contributed by atoms with Gasteiger partial charge in [0.05, 0.1) is 6.42 Å². The molecule has 0 saturated carbocycles. The van der Waals surface area contributed by atoms with Gasteiger partial charge in [-0.1, -0.05) is 5.16 Å². The molecule has 0 aliphatic heterocycles. The van der Waals surface area contributed by atoms with Crippen LogP contribution in [0.3, 0.4) is 0 Å². The molecule has 2 aromatic rings. The summed E-state index contributed by atoms with van der Waals surface area (Å²) in [7, 11) is 0. The van der Waals surface area contributed by atoms with E-state index in [1.165, 1.54) is 0 Å². The maximum atomic E-state index is 10.4. The standard InChI is InChI=1S/C10H9N3O3/c14-9(15)2-1-8-12-10(16-13-8)7-3-5-11-6-4-7/h3-6H,1-2H2,(H,14,15). The molecular weight excluding hydrogens is 210 g/mol. The summed E-state index contributed by atoms with van der Waals surface area (Å²) in [5.74, 6) is -0.104. The number of carboxylic acids is 1. The zero-order valence-corrected chi connectivity index (χ0v) is 8.33. The number of carboxylic acid groups (broad SMARTS) is 1. The van der Waals surface area contributed by atoms with Crippen molar-refractivity contribution >= 4 is 5.97 Å². The summed E-state index contributed by atoms with van der Waals surface area (Å²) < 4.78 is 5.00. The van der Waals surface area contributed by atoms with Gasteiger partial charge in [0, 0.05) is 24.4 Å². The highest BCUT2D eigenvalue weighted by Gasteiger charge is 2.09. The van der Waals surface area contributed by atoms with Crippen molar-refractivity contribution < 1.29 is 14.4 Å². The number of hydrogen-bond acceptors (Lipinski definition) is 5. The fraction of sp³-hybridized carbons (Fsp3) is 0.200. The van der Waals surface area contributed by atoms with Crippen LogP contribution in [-0.2, 0) is 11.2 Å². The van der Waals surface area contributed by atoms with Crippen molar-refractivity contribution in [3.05, 3.63) is 30.4 Å². The predicted octanol–water partition coefficient (Wildman–Crippen LogP) is 1.15. The minimum atomic E-state index is -0.879. The molecule has 0 saturated heterocycles. The average Bonchev–Trinajstić information content (AvgIpc) is 2.76. The molecule has 0 fully saturated rings. The molecule has 0 aliphatic carbocycles. The van der Waals surface area contributed by atoms with Gasteiger partial charge < -0.3 is 9.63 Å². The van der Waals surface area contributed by atoms with E-state index in [1.54, 1.807) is 24.5 Å². The Bertz CT molecular complexity index is 481. The summed E-state index contributed by atoms with van der Waals surface area (Å²) in [6.07, 6.45) is 3.51. The van der Waals surface area contributed by atoms with Gasteiger partial charge in [0.1, 0.15) is 0 Å². The number of aromatic nitrogens is 3. The Kier molecular flexibility index (Phi) is 2.90. The number of hydrogen-bond donors (Lipinski definition) is 1. The van der Waals surface area contributed by atoms with E-state index in [2.05, 4.69) is 15.1 Å². The van der Waals surface area contributed by atoms with E-state index in [0.717, 1.165) is 5.56 Å². The molecular formula is C10H9N3O3. The van der Waals surface area contributed by atoms with Crippen molar-refractivity contribution in [1.82, 2.24) is 15.1 Å². The van der Waals surface area contributed by atoms with Gasteiger partial charge >= 0.3 is 5.97 Å². The first-order chi connectivity index (χ1) is 7.75. The molecule has 0 atom stereocenters. The van der Waals surface area contributed by atoms with E-state index in [0.29, 0.717) is 11.7 Å². The van der Waals surface area contributed by atoms with E-state index < -0.39 is 5.97 Å². The summed E-state index contributed by atoms with van der Waals surface area (Å²) >= 11 is 0. The van der Waals surface area contributed by atoms with Gasteiger partial charge in [0.25, 0.3) is 5.89 Å². The first-order valence-electron chi connectivity index (χ1n) is 4.70. The van der Waals surface area contributed by atoms with Crippen LogP contribution >= 0.6 is 0 Å². The Morgan fingerprint density at radius 2 is 2.12 bits per heavy atom. The van der Waals surface area contributed by atoms with E-state index in [4.69, 9.17) is 9.63 Å². The summed E-state index contributed by atoms with van der Waals surface area (Å²) in [6.45, 7) is 0. The van der Waals surface area contributed by atoms with E-state index in [-0.39, 0.29) is 12.8 Å². The summed E-state index contributed by atoms with van der Waals surface area (Å²) in [4.78, 5) is 18.3. The number of aryl methyl sites for hydroxylation is 1. The van der Waals surface area contributed by atoms with Crippen LogP contribution in [0.2, 0.25) is 0 Å². The monoisotopic (exact) mass is 219 g/mol. The Hall–Kier alpha value is -2.24. The average molecular weight is 219 g/mol. The highest BCUT2D eigenvalue weighted by atomic mass is 16.5. The van der Waals surface area contributed by atoms with Gasteiger partial charge in [-0.2, -0.15) is 4.98 Å². The lowest BCUT2D eigenvalue weighted by molar-refractivity contribution is -0.137. The normalized spacial score (nSPS) is 10.2. The molecule has 0 aromatic carbocycles. The highest BCUT2D eigenvalue weighted by molar-refractivity contribution is 5.66. The van der Waals surface area contributed by atoms with Crippen LogP contribution in [-0.4, -0.2) is 26.2 Å². The SMILES string of the molecule is O=C(O)CCc1noc(-c2ccncc2)n1. The van der Waals surface area contributed by atoms with Gasteiger partial charge in [-0.15, -0.1) is 0 Å². The van der Waals surface area contributed by atoms with Crippen LogP contribution < -0.4 is 0 Å². The van der Waals surface area contributed by atoms with Crippen LogP contribution in [0.1, 0.15) is 12.2 Å². The number of pyridine rings is 1. The number of nitrogens with zero attached hydrogens (tertiary/aromatic N) is 3. The topological polar surface area (TPSA) is 89.1 Å². The molecule has 0 spiro atoms. The Morgan fingerprint density at radius 3 is 2.81 bits per heavy atom. The van der Waals surface area contributed by atoms with E-state index in [1.807, 2.05) is 0 Å². The maximum Gasteiger partial charge on any atom is 0.303 e. The molecule has 0 aliphatic rings. The molecule has 6 heteroatoms. The Balaban J connectivity index is 2.11. The van der Waals surface area contributed by atoms with Gasteiger partial charge in [0.15, 0.2) is 5.82 Å². The highest BCUT2D eigenvalue weighted by Crippen LogP contribution is 2.15. The third-order valence-electron chi connectivity index (χ3n) is 1.96. The third-order valence-corrected chi connectivity index (χ3v) is 1.96. The zero-order valence-electron chi connectivity index (χ0n) is 8.33. The molecule has 1 N–H and O–H groups in total. The second-order valence-electron chi connectivity index (χ2n) is 3.15. The largest absolute Gasteiger partial charge is 0.481 e. The zero-order chi connectivity index (χ0) is 11.4. The van der Waals surface area contributed by atoms with Crippen molar-refractivity contribution in [3.63, 3.8) is 0 Å². The lowest BCUT2D eigenvalue weighted by Gasteiger charge is -1.90. The van der Waals surface area contributed by atoms with Gasteiger partial charge in [0.2, 0.25) is 0 Å². The molecule has 0 unspecified atom stereocenters. The minimum absolute atomic E-state index is 0.00464. The van der Waals surface area contributed by atoms with Gasteiger partial charge in [-0.3, -0.25) is 9.78 Å². The molecule has 82 valence electrons. The summed E-state index contributed by atoms with van der Waals surface area (Å²) in [6, 6.07) is 3.49. The Labute approximate surface area is 90.9 Å². The predicted molar refractivity (Wildman–Crippen MR) is 53.5 cm³/mol. The molecule has 0 bridgehead atoms. The second-order valence-corrected chi connectivity index (χ2v) is 3.15. The molecule has 0 radical (unpaired) electrons. The lowest BCUT2D eigenvalue weighted by atomic mass is 10.2. The van der Waals surface area contributed by atoms with E-state index in [9.17, 15) is 4.79 Å². The molecule has 2 rings (SSSR count). The third kappa shape index (κ3) is 2.41. The first kappa shape index (κ1) is 10.3. The molecule has 6 nitrogen and oxygen atoms in total. The van der Waals surface area contributed by atoms with Crippen LogP contribution in [0.25, 0.3) is 11.5 Å². The van der Waals surface area contributed by atoms with Gasteiger partial charge in [-0.05, 0) is 12.1 Å². The van der Waals surface area contributed by atoms with Crippen LogP contribution in [0, 0.1) is 0 Å². The number of rotatable bonds is 4. The maximum absolute atomic E-state index is 10.4. The Morgan fingerprint density at radius 1 is 1.38 bits per heavy atom. The fourth-order valence-corrected chi connectivity index (χ4v) is 1.19. The number of aliphatic carboxylic acids is 1. The molecule has 2 aromatic heterocycles. The van der Waals surface area contributed by atoms with Crippen molar-refractivity contribution in [3.8, 4) is 11.5 Å².